The second-order valence-corrected chi connectivity index (χ2v) is 7.08. The van der Waals surface area contributed by atoms with Crippen LogP contribution in [0.15, 0.2) is 24.3 Å². The minimum absolute atomic E-state index is 0.0300. The quantitative estimate of drug-likeness (QED) is 0.753. The molecule has 0 aliphatic heterocycles. The van der Waals surface area contributed by atoms with Crippen LogP contribution in [0.25, 0.3) is 11.3 Å². The molecule has 5 nitrogen and oxygen atoms in total. The van der Waals surface area contributed by atoms with Gasteiger partial charge in [0.25, 0.3) is 0 Å². The van der Waals surface area contributed by atoms with Crippen molar-refractivity contribution in [2.45, 2.75) is 66.0 Å². The first-order valence-electron chi connectivity index (χ1n) is 8.51. The van der Waals surface area contributed by atoms with Crippen molar-refractivity contribution in [3.8, 4) is 11.3 Å². The van der Waals surface area contributed by atoms with Gasteiger partial charge >= 0.3 is 5.97 Å². The Bertz CT molecular complexity index is 682. The zero-order valence-electron chi connectivity index (χ0n) is 15.3. The Morgan fingerprint density at radius 1 is 1.17 bits per heavy atom. The number of carbonyl (C=O) groups excluding carboxylic acids is 1. The van der Waals surface area contributed by atoms with Gasteiger partial charge < -0.3 is 4.74 Å². The first-order valence-corrected chi connectivity index (χ1v) is 8.51. The van der Waals surface area contributed by atoms with E-state index in [1.54, 1.807) is 0 Å². The van der Waals surface area contributed by atoms with E-state index >= 15 is 0 Å². The number of hydrogen-bond donors (Lipinski definition) is 0. The Hall–Kier alpha value is -2.17. The molecular formula is C19H27N3O2. The molecular weight excluding hydrogens is 302 g/mol. The molecule has 0 saturated heterocycles. The second kappa shape index (κ2) is 7.60. The standard InChI is InChI=1S/C19H27N3O2/c1-6-7-8-16-18(15-11-9-14(2)10-12-15)21-22(20-16)13-17(23)24-19(3,4)5/h9-12H,6-8,13H2,1-5H3. The Kier molecular flexibility index (Phi) is 5.75. The number of rotatable bonds is 6. The Morgan fingerprint density at radius 2 is 1.83 bits per heavy atom. The third-order valence-electron chi connectivity index (χ3n) is 3.51. The van der Waals surface area contributed by atoms with E-state index in [4.69, 9.17) is 4.74 Å². The van der Waals surface area contributed by atoms with E-state index in [1.165, 1.54) is 10.4 Å². The molecule has 0 N–H and O–H groups in total. The molecule has 1 aromatic carbocycles. The highest BCUT2D eigenvalue weighted by Crippen LogP contribution is 2.22. The zero-order chi connectivity index (χ0) is 17.7. The summed E-state index contributed by atoms with van der Waals surface area (Å²) in [5, 5.41) is 9.06. The first kappa shape index (κ1) is 18.2. The van der Waals surface area contributed by atoms with E-state index in [2.05, 4.69) is 36.2 Å². The molecule has 130 valence electrons. The molecule has 2 rings (SSSR count). The Morgan fingerprint density at radius 3 is 2.42 bits per heavy atom. The van der Waals surface area contributed by atoms with Crippen molar-refractivity contribution in [1.82, 2.24) is 15.0 Å². The number of aromatic nitrogens is 3. The van der Waals surface area contributed by atoms with Crippen LogP contribution in [0.4, 0.5) is 0 Å². The fourth-order valence-corrected chi connectivity index (χ4v) is 2.39. The topological polar surface area (TPSA) is 57.0 Å². The maximum Gasteiger partial charge on any atom is 0.330 e. The normalized spacial score (nSPS) is 11.5. The smallest absolute Gasteiger partial charge is 0.330 e. The molecule has 2 aromatic rings. The van der Waals surface area contributed by atoms with Crippen molar-refractivity contribution in [2.75, 3.05) is 0 Å². The van der Waals surface area contributed by atoms with Crippen LogP contribution in [0.2, 0.25) is 0 Å². The number of unbranched alkanes of at least 4 members (excludes halogenated alkanes) is 1. The highest BCUT2D eigenvalue weighted by atomic mass is 16.6. The van der Waals surface area contributed by atoms with Crippen molar-refractivity contribution in [3.63, 3.8) is 0 Å². The van der Waals surface area contributed by atoms with Crippen molar-refractivity contribution in [3.05, 3.63) is 35.5 Å². The van der Waals surface area contributed by atoms with E-state index in [9.17, 15) is 4.79 Å². The van der Waals surface area contributed by atoms with Crippen LogP contribution in [0.1, 0.15) is 51.8 Å². The molecule has 0 atom stereocenters. The van der Waals surface area contributed by atoms with Crippen LogP contribution in [-0.4, -0.2) is 26.6 Å². The number of aryl methyl sites for hydroxylation is 2. The summed E-state index contributed by atoms with van der Waals surface area (Å²) in [6.45, 7) is 9.80. The molecule has 1 aromatic heterocycles. The van der Waals surface area contributed by atoms with E-state index < -0.39 is 5.60 Å². The largest absolute Gasteiger partial charge is 0.459 e. The van der Waals surface area contributed by atoms with E-state index in [0.717, 1.165) is 36.2 Å². The summed E-state index contributed by atoms with van der Waals surface area (Å²) in [6.07, 6.45) is 2.99. The molecule has 0 fully saturated rings. The van der Waals surface area contributed by atoms with Crippen LogP contribution >= 0.6 is 0 Å². The molecule has 0 saturated carbocycles. The summed E-state index contributed by atoms with van der Waals surface area (Å²) < 4.78 is 5.35. The predicted octanol–water partition coefficient (Wildman–Crippen LogP) is 3.94. The lowest BCUT2D eigenvalue weighted by Gasteiger charge is -2.19. The number of hydrogen-bond acceptors (Lipinski definition) is 4. The SMILES string of the molecule is CCCCc1nn(CC(=O)OC(C)(C)C)nc1-c1ccc(C)cc1. The molecule has 24 heavy (non-hydrogen) atoms. The fraction of sp³-hybridized carbons (Fsp3) is 0.526. The third kappa shape index (κ3) is 5.18. The van der Waals surface area contributed by atoms with Crippen LogP contribution < -0.4 is 0 Å². The van der Waals surface area contributed by atoms with Gasteiger partial charge in [0, 0.05) is 5.56 Å². The van der Waals surface area contributed by atoms with Gasteiger partial charge in [-0.3, -0.25) is 0 Å². The molecule has 1 heterocycles. The Labute approximate surface area is 144 Å². The van der Waals surface area contributed by atoms with Crippen LogP contribution in [0.5, 0.6) is 0 Å². The molecule has 0 amide bonds. The average molecular weight is 329 g/mol. The van der Waals surface area contributed by atoms with Gasteiger partial charge in [0.2, 0.25) is 0 Å². The number of nitrogens with zero attached hydrogens (tertiary/aromatic N) is 3. The van der Waals surface area contributed by atoms with Crippen LogP contribution in [-0.2, 0) is 22.5 Å². The van der Waals surface area contributed by atoms with Gasteiger partial charge in [-0.1, -0.05) is 43.2 Å². The maximum absolute atomic E-state index is 12.0. The Balaban J connectivity index is 2.24. The number of ether oxygens (including phenoxy) is 1. The van der Waals surface area contributed by atoms with Gasteiger partial charge in [0.15, 0.2) is 6.54 Å². The molecule has 0 unspecified atom stereocenters. The summed E-state index contributed by atoms with van der Waals surface area (Å²) in [4.78, 5) is 13.5. The zero-order valence-corrected chi connectivity index (χ0v) is 15.3. The minimum atomic E-state index is -0.505. The van der Waals surface area contributed by atoms with Gasteiger partial charge in [-0.25, -0.2) is 4.79 Å². The first-order chi connectivity index (χ1) is 11.3. The van der Waals surface area contributed by atoms with Gasteiger partial charge in [0.05, 0.1) is 5.69 Å². The van der Waals surface area contributed by atoms with E-state index in [1.807, 2.05) is 32.9 Å². The van der Waals surface area contributed by atoms with Crippen LogP contribution in [0, 0.1) is 6.92 Å². The van der Waals surface area contributed by atoms with Gasteiger partial charge in [0.1, 0.15) is 11.3 Å². The number of benzene rings is 1. The monoisotopic (exact) mass is 329 g/mol. The summed E-state index contributed by atoms with van der Waals surface area (Å²) in [5.74, 6) is -0.324. The summed E-state index contributed by atoms with van der Waals surface area (Å²) in [5.41, 5.74) is 3.52. The van der Waals surface area contributed by atoms with E-state index in [-0.39, 0.29) is 12.5 Å². The second-order valence-electron chi connectivity index (χ2n) is 7.08. The number of esters is 1. The molecule has 5 heteroatoms. The molecule has 0 aliphatic carbocycles. The molecule has 0 bridgehead atoms. The predicted molar refractivity (Wildman–Crippen MR) is 94.7 cm³/mol. The van der Waals surface area contributed by atoms with Gasteiger partial charge in [-0.2, -0.15) is 15.0 Å². The van der Waals surface area contributed by atoms with Crippen LogP contribution in [0.3, 0.4) is 0 Å². The highest BCUT2D eigenvalue weighted by Gasteiger charge is 2.19. The average Bonchev–Trinajstić information content (AvgIpc) is 2.86. The van der Waals surface area contributed by atoms with Crippen molar-refractivity contribution in [1.29, 1.82) is 0 Å². The third-order valence-corrected chi connectivity index (χ3v) is 3.51. The minimum Gasteiger partial charge on any atom is -0.459 e. The number of carbonyl (C=O) groups is 1. The summed E-state index contributed by atoms with van der Waals surface area (Å²) in [7, 11) is 0. The van der Waals surface area contributed by atoms with E-state index in [0.29, 0.717) is 0 Å². The summed E-state index contributed by atoms with van der Waals surface area (Å²) >= 11 is 0. The fourth-order valence-electron chi connectivity index (χ4n) is 2.39. The van der Waals surface area contributed by atoms with Crippen molar-refractivity contribution >= 4 is 5.97 Å². The lowest BCUT2D eigenvalue weighted by atomic mass is 10.1. The van der Waals surface area contributed by atoms with Gasteiger partial charge in [-0.15, -0.1) is 0 Å². The summed E-state index contributed by atoms with van der Waals surface area (Å²) in [6, 6.07) is 8.22. The highest BCUT2D eigenvalue weighted by molar-refractivity contribution is 5.69. The van der Waals surface area contributed by atoms with Crippen molar-refractivity contribution < 1.29 is 9.53 Å². The lowest BCUT2D eigenvalue weighted by molar-refractivity contribution is -0.156. The maximum atomic E-state index is 12.0. The lowest BCUT2D eigenvalue weighted by Crippen LogP contribution is -2.27. The molecule has 0 radical (unpaired) electrons. The molecule has 0 spiro atoms. The van der Waals surface area contributed by atoms with Gasteiger partial charge in [-0.05, 0) is 40.5 Å². The van der Waals surface area contributed by atoms with Crippen molar-refractivity contribution in [2.24, 2.45) is 0 Å². The molecule has 0 aliphatic rings.